The second-order valence-corrected chi connectivity index (χ2v) is 5.47. The molecule has 0 fully saturated rings. The fourth-order valence-electron chi connectivity index (χ4n) is 1.72. The van der Waals surface area contributed by atoms with E-state index in [9.17, 15) is 0 Å². The highest BCUT2D eigenvalue weighted by molar-refractivity contribution is 8.11. The lowest BCUT2D eigenvalue weighted by Crippen LogP contribution is -2.21. The van der Waals surface area contributed by atoms with E-state index in [1.165, 1.54) is 19.6 Å². The number of anilines is 1. The summed E-state index contributed by atoms with van der Waals surface area (Å²) in [7, 11) is 0. The Morgan fingerprint density at radius 1 is 1.20 bits per heavy atom. The van der Waals surface area contributed by atoms with Crippen LogP contribution in [0.2, 0.25) is 0 Å². The molecule has 1 rings (SSSR count). The van der Waals surface area contributed by atoms with Crippen molar-refractivity contribution in [3.63, 3.8) is 0 Å². The van der Waals surface area contributed by atoms with Crippen molar-refractivity contribution < 1.29 is 0 Å². The Morgan fingerprint density at radius 3 is 2.20 bits per heavy atom. The molecule has 0 aromatic carbocycles. The molecule has 1 N–H and O–H groups in total. The van der Waals surface area contributed by atoms with E-state index < -0.39 is 0 Å². The zero-order valence-electron chi connectivity index (χ0n) is 13.0. The van der Waals surface area contributed by atoms with Crippen LogP contribution in [0.3, 0.4) is 0 Å². The monoisotopic (exact) mass is 313 g/mol. The van der Waals surface area contributed by atoms with Gasteiger partial charge in [0.15, 0.2) is 0 Å². The van der Waals surface area contributed by atoms with E-state index in [1.54, 1.807) is 0 Å². The van der Waals surface area contributed by atoms with Gasteiger partial charge in [-0.2, -0.15) is 0 Å². The van der Waals surface area contributed by atoms with Gasteiger partial charge in [0.05, 0.1) is 0 Å². The van der Waals surface area contributed by atoms with Gasteiger partial charge in [-0.1, -0.05) is 52.4 Å². The first-order valence-corrected chi connectivity index (χ1v) is 8.11. The second-order valence-electron chi connectivity index (χ2n) is 4.31. The summed E-state index contributed by atoms with van der Waals surface area (Å²) >= 11 is 8.77. The molecule has 0 amide bonds. The maximum absolute atomic E-state index is 4.80. The lowest BCUT2D eigenvalue weighted by molar-refractivity contribution is 0.321. The lowest BCUT2D eigenvalue weighted by Gasteiger charge is -2.13. The normalized spacial score (nSPS) is 9.90. The average molecular weight is 314 g/mol. The summed E-state index contributed by atoms with van der Waals surface area (Å²) in [6.07, 6.45) is 2.09. The van der Waals surface area contributed by atoms with Crippen molar-refractivity contribution in [2.75, 3.05) is 25.0 Å². The zero-order valence-corrected chi connectivity index (χ0v) is 14.7. The van der Waals surface area contributed by atoms with Gasteiger partial charge in [-0.3, -0.25) is 0 Å². The number of pyridine rings is 1. The first kappa shape index (κ1) is 19.4. The van der Waals surface area contributed by atoms with E-state index in [2.05, 4.69) is 55.5 Å². The smallest absolute Gasteiger partial charge is 0.136 e. The quantitative estimate of drug-likeness (QED) is 0.613. The maximum atomic E-state index is 4.80. The van der Waals surface area contributed by atoms with E-state index >= 15 is 0 Å². The van der Waals surface area contributed by atoms with Gasteiger partial charge in [0.25, 0.3) is 0 Å². The van der Waals surface area contributed by atoms with E-state index in [0.717, 1.165) is 24.4 Å². The van der Waals surface area contributed by atoms with Crippen molar-refractivity contribution >= 4 is 35.0 Å². The van der Waals surface area contributed by atoms with Crippen LogP contribution in [0.5, 0.6) is 0 Å². The Morgan fingerprint density at radius 2 is 1.80 bits per heavy atom. The molecule has 0 spiro atoms. The molecule has 0 atom stereocenters. The third-order valence-corrected chi connectivity index (χ3v) is 3.10. The molecule has 0 saturated carbocycles. The summed E-state index contributed by atoms with van der Waals surface area (Å²) in [5.74, 6) is 0.769. The molecular formula is C15H27N3S2. The van der Waals surface area contributed by atoms with E-state index in [1.807, 2.05) is 18.2 Å². The summed E-state index contributed by atoms with van der Waals surface area (Å²) in [5, 5.41) is 2.89. The molecule has 0 aliphatic carbocycles. The molecule has 0 unspecified atom stereocenters. The number of thiol groups is 1. The number of nitrogens with one attached hydrogen (secondary N) is 1. The standard InChI is InChI=1S/C9H12N2S2.C6H15N/c1-2-4-7-5-3-6-8(10-7)11-9(12)13;1-4-7(5-2)6-3/h3,5-6H,2,4H2,1H3,(H2,10,11,12,13);4-6H2,1-3H3. The fourth-order valence-corrected chi connectivity index (χ4v) is 1.94. The molecule has 0 radical (unpaired) electrons. The van der Waals surface area contributed by atoms with Crippen molar-refractivity contribution in [3.8, 4) is 0 Å². The minimum Gasteiger partial charge on any atom is -0.326 e. The Balaban J connectivity index is 0.000000441. The van der Waals surface area contributed by atoms with Crippen molar-refractivity contribution in [2.24, 2.45) is 0 Å². The highest BCUT2D eigenvalue weighted by Gasteiger charge is 1.96. The van der Waals surface area contributed by atoms with Crippen LogP contribution in [-0.4, -0.2) is 33.8 Å². The molecule has 0 aliphatic rings. The molecule has 20 heavy (non-hydrogen) atoms. The van der Waals surface area contributed by atoms with Crippen molar-refractivity contribution in [2.45, 2.75) is 40.5 Å². The van der Waals surface area contributed by atoms with Gasteiger partial charge in [0.2, 0.25) is 0 Å². The molecule has 114 valence electrons. The van der Waals surface area contributed by atoms with E-state index in [-0.39, 0.29) is 0 Å². The molecule has 1 aromatic heterocycles. The molecule has 3 nitrogen and oxygen atoms in total. The van der Waals surface area contributed by atoms with Gasteiger partial charge >= 0.3 is 0 Å². The Hall–Kier alpha value is -0.650. The third kappa shape index (κ3) is 9.28. The van der Waals surface area contributed by atoms with Crippen LogP contribution in [0.25, 0.3) is 0 Å². The molecule has 1 aromatic rings. The highest BCUT2D eigenvalue weighted by Crippen LogP contribution is 2.07. The molecule has 5 heteroatoms. The SMILES string of the molecule is CCCc1cccc(NC(=S)S)n1.CCN(CC)CC. The van der Waals surface area contributed by atoms with Crippen LogP contribution in [0.1, 0.15) is 39.8 Å². The van der Waals surface area contributed by atoms with Crippen LogP contribution >= 0.6 is 24.8 Å². The van der Waals surface area contributed by atoms with Crippen LogP contribution in [0.4, 0.5) is 5.82 Å². The highest BCUT2D eigenvalue weighted by atomic mass is 32.1. The molecular weight excluding hydrogens is 286 g/mol. The summed E-state index contributed by atoms with van der Waals surface area (Å²) in [4.78, 5) is 6.73. The third-order valence-electron chi connectivity index (χ3n) is 2.89. The number of nitrogens with zero attached hydrogens (tertiary/aromatic N) is 2. The number of hydrogen-bond donors (Lipinski definition) is 2. The van der Waals surface area contributed by atoms with Crippen molar-refractivity contribution in [1.29, 1.82) is 0 Å². The first-order chi connectivity index (χ1) is 9.57. The van der Waals surface area contributed by atoms with Crippen molar-refractivity contribution in [1.82, 2.24) is 9.88 Å². The Kier molecular flexibility index (Phi) is 11.7. The summed E-state index contributed by atoms with van der Waals surface area (Å²) in [6, 6.07) is 5.85. The lowest BCUT2D eigenvalue weighted by atomic mass is 10.2. The van der Waals surface area contributed by atoms with Gasteiger partial charge in [-0.05, 0) is 38.2 Å². The summed E-state index contributed by atoms with van der Waals surface area (Å²) < 4.78 is 0.446. The van der Waals surface area contributed by atoms with Crippen LogP contribution in [0.15, 0.2) is 18.2 Å². The van der Waals surface area contributed by atoms with E-state index in [0.29, 0.717) is 4.32 Å². The van der Waals surface area contributed by atoms with E-state index in [4.69, 9.17) is 12.2 Å². The molecule has 0 aliphatic heterocycles. The summed E-state index contributed by atoms with van der Waals surface area (Å²) in [5.41, 5.74) is 1.08. The number of thiocarbonyl (C=S) groups is 1. The number of rotatable bonds is 6. The van der Waals surface area contributed by atoms with Gasteiger partial charge in [0, 0.05) is 5.69 Å². The van der Waals surface area contributed by atoms with Crippen LogP contribution in [0, 0.1) is 0 Å². The van der Waals surface area contributed by atoms with Gasteiger partial charge in [0.1, 0.15) is 10.1 Å². The Bertz CT molecular complexity index is 374. The first-order valence-electron chi connectivity index (χ1n) is 7.25. The van der Waals surface area contributed by atoms with Crippen molar-refractivity contribution in [3.05, 3.63) is 23.9 Å². The number of hydrogen-bond acceptors (Lipinski definition) is 3. The second kappa shape index (κ2) is 12.1. The van der Waals surface area contributed by atoms with Crippen LogP contribution in [-0.2, 0) is 6.42 Å². The fraction of sp³-hybridized carbons (Fsp3) is 0.600. The molecule has 1 heterocycles. The topological polar surface area (TPSA) is 28.2 Å². The minimum atomic E-state index is 0.446. The van der Waals surface area contributed by atoms with Gasteiger partial charge in [-0.15, -0.1) is 12.6 Å². The number of aryl methyl sites for hydroxylation is 1. The molecule has 0 bridgehead atoms. The van der Waals surface area contributed by atoms with Gasteiger partial charge in [-0.25, -0.2) is 4.98 Å². The Labute approximate surface area is 134 Å². The zero-order chi connectivity index (χ0) is 15.4. The summed E-state index contributed by atoms with van der Waals surface area (Å²) in [6.45, 7) is 12.3. The minimum absolute atomic E-state index is 0.446. The predicted molar refractivity (Wildman–Crippen MR) is 96.9 cm³/mol. The average Bonchev–Trinajstić information content (AvgIpc) is 2.41. The predicted octanol–water partition coefficient (Wildman–Crippen LogP) is 4.01. The number of aromatic nitrogens is 1. The van der Waals surface area contributed by atoms with Gasteiger partial charge < -0.3 is 10.2 Å². The molecule has 0 saturated heterocycles. The maximum Gasteiger partial charge on any atom is 0.136 e. The largest absolute Gasteiger partial charge is 0.326 e. The van der Waals surface area contributed by atoms with Crippen LogP contribution < -0.4 is 5.32 Å².